The fourth-order valence-electron chi connectivity index (χ4n) is 1.74. The molecule has 1 rings (SSSR count). The Balaban J connectivity index is 2.62. The zero-order chi connectivity index (χ0) is 8.32. The Bertz CT molecular complexity index is 150. The molecular weight excluding hydrogens is 142 g/mol. The molecule has 64 valence electrons. The summed E-state index contributed by atoms with van der Waals surface area (Å²) in [5, 5.41) is 12.0. The van der Waals surface area contributed by atoms with E-state index in [0.717, 1.165) is 32.2 Å². The number of carboxylic acid groups (broad SMARTS) is 1. The quantitative estimate of drug-likeness (QED) is 0.642. The molecule has 0 spiro atoms. The van der Waals surface area contributed by atoms with E-state index in [4.69, 9.17) is 5.11 Å². The standard InChI is InChI=1S/C8H15NO2/c1-2-4-8(7(10)11)5-3-6-9-8/h9H,2-6H2,1H3,(H,10,11). The zero-order valence-corrected chi connectivity index (χ0v) is 6.89. The first-order chi connectivity index (χ1) is 5.21. The van der Waals surface area contributed by atoms with Crippen molar-refractivity contribution in [2.45, 2.75) is 38.1 Å². The van der Waals surface area contributed by atoms with Gasteiger partial charge in [0.1, 0.15) is 5.54 Å². The highest BCUT2D eigenvalue weighted by atomic mass is 16.4. The van der Waals surface area contributed by atoms with Crippen molar-refractivity contribution in [3.05, 3.63) is 0 Å². The molecule has 1 fully saturated rings. The maximum atomic E-state index is 10.9. The van der Waals surface area contributed by atoms with Crippen molar-refractivity contribution in [2.75, 3.05) is 6.54 Å². The van der Waals surface area contributed by atoms with Crippen LogP contribution in [0.15, 0.2) is 0 Å². The average Bonchev–Trinajstić information content (AvgIpc) is 2.38. The number of hydrogen-bond acceptors (Lipinski definition) is 2. The van der Waals surface area contributed by atoms with Gasteiger partial charge in [-0.05, 0) is 25.8 Å². The normalized spacial score (nSPS) is 30.6. The summed E-state index contributed by atoms with van der Waals surface area (Å²) in [6.45, 7) is 2.87. The van der Waals surface area contributed by atoms with E-state index >= 15 is 0 Å². The summed E-state index contributed by atoms with van der Waals surface area (Å²) in [7, 11) is 0. The second-order valence-corrected chi connectivity index (χ2v) is 3.17. The molecule has 1 heterocycles. The van der Waals surface area contributed by atoms with Gasteiger partial charge in [-0.15, -0.1) is 0 Å². The predicted octanol–water partition coefficient (Wildman–Crippen LogP) is 0.993. The van der Waals surface area contributed by atoms with Gasteiger partial charge in [-0.1, -0.05) is 13.3 Å². The van der Waals surface area contributed by atoms with Crippen LogP contribution in [0.1, 0.15) is 32.6 Å². The molecule has 0 aromatic carbocycles. The smallest absolute Gasteiger partial charge is 0.323 e. The lowest BCUT2D eigenvalue weighted by Gasteiger charge is -2.23. The molecule has 1 aliphatic rings. The molecule has 0 saturated carbocycles. The molecule has 3 nitrogen and oxygen atoms in total. The minimum atomic E-state index is -0.683. The van der Waals surface area contributed by atoms with Crippen molar-refractivity contribution >= 4 is 5.97 Å². The Morgan fingerprint density at radius 2 is 2.45 bits per heavy atom. The highest BCUT2D eigenvalue weighted by molar-refractivity contribution is 5.79. The third kappa shape index (κ3) is 1.53. The van der Waals surface area contributed by atoms with Crippen LogP contribution in [0.2, 0.25) is 0 Å². The first-order valence-electron chi connectivity index (χ1n) is 4.20. The topological polar surface area (TPSA) is 49.3 Å². The van der Waals surface area contributed by atoms with Crippen LogP contribution in [0, 0.1) is 0 Å². The van der Waals surface area contributed by atoms with Crippen LogP contribution in [-0.4, -0.2) is 23.2 Å². The predicted molar refractivity (Wildman–Crippen MR) is 42.5 cm³/mol. The highest BCUT2D eigenvalue weighted by Crippen LogP contribution is 2.24. The van der Waals surface area contributed by atoms with Gasteiger partial charge in [-0.25, -0.2) is 0 Å². The van der Waals surface area contributed by atoms with Gasteiger partial charge in [-0.3, -0.25) is 4.79 Å². The van der Waals surface area contributed by atoms with Crippen LogP contribution in [-0.2, 0) is 4.79 Å². The molecule has 0 aromatic rings. The number of hydrogen-bond donors (Lipinski definition) is 2. The molecule has 0 aliphatic carbocycles. The summed E-state index contributed by atoms with van der Waals surface area (Å²) >= 11 is 0. The summed E-state index contributed by atoms with van der Waals surface area (Å²) in [5.41, 5.74) is -0.589. The van der Waals surface area contributed by atoms with E-state index < -0.39 is 11.5 Å². The van der Waals surface area contributed by atoms with E-state index in [1.165, 1.54) is 0 Å². The Kier molecular flexibility index (Phi) is 2.49. The maximum Gasteiger partial charge on any atom is 0.323 e. The molecule has 3 heteroatoms. The SMILES string of the molecule is CCCC1(C(=O)O)CCCN1. The molecule has 0 bridgehead atoms. The zero-order valence-electron chi connectivity index (χ0n) is 6.89. The molecule has 0 aromatic heterocycles. The second kappa shape index (κ2) is 3.22. The molecule has 1 aliphatic heterocycles. The van der Waals surface area contributed by atoms with Crippen LogP contribution in [0.5, 0.6) is 0 Å². The fraction of sp³-hybridized carbons (Fsp3) is 0.875. The first kappa shape index (κ1) is 8.53. The van der Waals surface area contributed by atoms with Crippen molar-refractivity contribution in [2.24, 2.45) is 0 Å². The average molecular weight is 157 g/mol. The van der Waals surface area contributed by atoms with E-state index in [1.54, 1.807) is 0 Å². The number of nitrogens with one attached hydrogen (secondary N) is 1. The molecule has 2 N–H and O–H groups in total. The van der Waals surface area contributed by atoms with E-state index in [0.29, 0.717) is 0 Å². The van der Waals surface area contributed by atoms with Crippen molar-refractivity contribution in [1.29, 1.82) is 0 Å². The summed E-state index contributed by atoms with van der Waals surface area (Å²) in [5.74, 6) is -0.683. The third-order valence-corrected chi connectivity index (χ3v) is 2.33. The first-order valence-corrected chi connectivity index (χ1v) is 4.20. The lowest BCUT2D eigenvalue weighted by Crippen LogP contribution is -2.47. The monoisotopic (exact) mass is 157 g/mol. The van der Waals surface area contributed by atoms with Crippen molar-refractivity contribution in [3.63, 3.8) is 0 Å². The van der Waals surface area contributed by atoms with Gasteiger partial charge in [0.15, 0.2) is 0 Å². The maximum absolute atomic E-state index is 10.9. The Morgan fingerprint density at radius 3 is 2.82 bits per heavy atom. The number of aliphatic carboxylic acids is 1. The number of carbonyl (C=O) groups is 1. The largest absolute Gasteiger partial charge is 0.480 e. The molecule has 1 unspecified atom stereocenters. The van der Waals surface area contributed by atoms with Crippen LogP contribution in [0.4, 0.5) is 0 Å². The number of rotatable bonds is 3. The van der Waals surface area contributed by atoms with Crippen LogP contribution in [0.3, 0.4) is 0 Å². The van der Waals surface area contributed by atoms with Gasteiger partial charge in [0.2, 0.25) is 0 Å². The summed E-state index contributed by atoms with van der Waals surface area (Å²) in [4.78, 5) is 10.9. The van der Waals surface area contributed by atoms with E-state index in [9.17, 15) is 4.79 Å². The highest BCUT2D eigenvalue weighted by Gasteiger charge is 2.39. The Labute approximate surface area is 66.8 Å². The summed E-state index contributed by atoms with van der Waals surface area (Å²) < 4.78 is 0. The molecule has 11 heavy (non-hydrogen) atoms. The second-order valence-electron chi connectivity index (χ2n) is 3.17. The van der Waals surface area contributed by atoms with Crippen LogP contribution < -0.4 is 5.32 Å². The Hall–Kier alpha value is -0.570. The van der Waals surface area contributed by atoms with Crippen molar-refractivity contribution < 1.29 is 9.90 Å². The molecule has 1 saturated heterocycles. The third-order valence-electron chi connectivity index (χ3n) is 2.33. The molecule has 0 amide bonds. The lowest BCUT2D eigenvalue weighted by molar-refractivity contribution is -0.144. The van der Waals surface area contributed by atoms with E-state index in [2.05, 4.69) is 5.32 Å². The molecule has 0 radical (unpaired) electrons. The Morgan fingerprint density at radius 1 is 1.73 bits per heavy atom. The minimum Gasteiger partial charge on any atom is -0.480 e. The van der Waals surface area contributed by atoms with E-state index in [1.807, 2.05) is 6.92 Å². The van der Waals surface area contributed by atoms with Crippen LogP contribution >= 0.6 is 0 Å². The molecular formula is C8H15NO2. The van der Waals surface area contributed by atoms with Gasteiger partial charge < -0.3 is 10.4 Å². The van der Waals surface area contributed by atoms with Crippen LogP contribution in [0.25, 0.3) is 0 Å². The molecule has 1 atom stereocenters. The van der Waals surface area contributed by atoms with Crippen molar-refractivity contribution in [3.8, 4) is 0 Å². The van der Waals surface area contributed by atoms with Gasteiger partial charge in [0.05, 0.1) is 0 Å². The van der Waals surface area contributed by atoms with Gasteiger partial charge in [-0.2, -0.15) is 0 Å². The number of carboxylic acids is 1. The summed E-state index contributed by atoms with van der Waals surface area (Å²) in [6.07, 6.45) is 3.46. The van der Waals surface area contributed by atoms with Gasteiger partial charge >= 0.3 is 5.97 Å². The minimum absolute atomic E-state index is 0.589. The lowest BCUT2D eigenvalue weighted by atomic mass is 9.92. The van der Waals surface area contributed by atoms with Gasteiger partial charge in [0.25, 0.3) is 0 Å². The fourth-order valence-corrected chi connectivity index (χ4v) is 1.74. The van der Waals surface area contributed by atoms with Gasteiger partial charge in [0, 0.05) is 0 Å². The van der Waals surface area contributed by atoms with Crippen molar-refractivity contribution in [1.82, 2.24) is 5.32 Å². The van der Waals surface area contributed by atoms with E-state index in [-0.39, 0.29) is 0 Å². The summed E-state index contributed by atoms with van der Waals surface area (Å²) in [6, 6.07) is 0.